The summed E-state index contributed by atoms with van der Waals surface area (Å²) < 4.78 is 4.84. The Morgan fingerprint density at radius 1 is 1.35 bits per heavy atom. The molecule has 0 saturated heterocycles. The molecule has 2 aromatic rings. The molecule has 0 aliphatic heterocycles. The van der Waals surface area contributed by atoms with Crippen molar-refractivity contribution in [2.75, 3.05) is 30.9 Å². The molecule has 2 rings (SSSR count). The van der Waals surface area contributed by atoms with Gasteiger partial charge in [-0.3, -0.25) is 4.98 Å². The Kier molecular flexibility index (Phi) is 4.47. The van der Waals surface area contributed by atoms with E-state index in [1.165, 1.54) is 6.20 Å². The van der Waals surface area contributed by atoms with Gasteiger partial charge in [0.05, 0.1) is 6.10 Å². The van der Waals surface area contributed by atoms with Crippen molar-refractivity contribution in [2.45, 2.75) is 12.5 Å². The van der Waals surface area contributed by atoms with Crippen LogP contribution < -0.4 is 16.0 Å². The molecule has 6 heteroatoms. The van der Waals surface area contributed by atoms with Crippen molar-refractivity contribution in [1.82, 2.24) is 4.98 Å². The average molecular weight is 277 g/mol. The van der Waals surface area contributed by atoms with Crippen LogP contribution in [0, 0.1) is 0 Å². The Hall–Kier alpha value is -2.21. The van der Waals surface area contributed by atoms with Gasteiger partial charge in [-0.2, -0.15) is 0 Å². The molecule has 0 radical (unpaired) electrons. The van der Waals surface area contributed by atoms with Crippen molar-refractivity contribution < 1.29 is 9.52 Å². The first-order chi connectivity index (χ1) is 9.54. The molecular weight excluding hydrogens is 258 g/mol. The van der Waals surface area contributed by atoms with Gasteiger partial charge in [0.15, 0.2) is 0 Å². The first-order valence-corrected chi connectivity index (χ1v) is 6.41. The molecule has 0 aliphatic carbocycles. The zero-order chi connectivity index (χ0) is 14.5. The first kappa shape index (κ1) is 14.2. The third-order valence-corrected chi connectivity index (χ3v) is 2.94. The second-order valence-electron chi connectivity index (χ2n) is 4.82. The van der Waals surface area contributed by atoms with Crippen LogP contribution in [-0.2, 0) is 6.42 Å². The molecule has 1 heterocycles. The lowest BCUT2D eigenvalue weighted by Gasteiger charge is -2.14. The SMILES string of the molecule is CN(C)c1ccc(NCC(O)Cc2c[nH]c(=O)o2)cc1. The molecule has 1 aromatic carbocycles. The van der Waals surface area contributed by atoms with Gasteiger partial charge in [0, 0.05) is 44.6 Å². The number of rotatable bonds is 6. The summed E-state index contributed by atoms with van der Waals surface area (Å²) in [6.07, 6.45) is 1.14. The molecule has 3 N–H and O–H groups in total. The van der Waals surface area contributed by atoms with Gasteiger partial charge in [-0.1, -0.05) is 0 Å². The van der Waals surface area contributed by atoms with E-state index in [9.17, 15) is 9.90 Å². The molecule has 0 aliphatic rings. The zero-order valence-corrected chi connectivity index (χ0v) is 11.6. The molecule has 0 bridgehead atoms. The lowest BCUT2D eigenvalue weighted by molar-refractivity contribution is 0.179. The number of aliphatic hydroxyl groups is 1. The van der Waals surface area contributed by atoms with E-state index in [0.29, 0.717) is 18.7 Å². The molecule has 0 amide bonds. The van der Waals surface area contributed by atoms with Crippen molar-refractivity contribution in [3.05, 3.63) is 46.8 Å². The summed E-state index contributed by atoms with van der Waals surface area (Å²) >= 11 is 0. The van der Waals surface area contributed by atoms with Crippen molar-refractivity contribution in [3.63, 3.8) is 0 Å². The molecule has 0 spiro atoms. The number of hydrogen-bond donors (Lipinski definition) is 3. The number of anilines is 2. The second kappa shape index (κ2) is 6.29. The number of aromatic amines is 1. The van der Waals surface area contributed by atoms with Gasteiger partial charge < -0.3 is 19.7 Å². The highest BCUT2D eigenvalue weighted by Crippen LogP contribution is 2.15. The maximum Gasteiger partial charge on any atom is 0.416 e. The molecule has 0 fully saturated rings. The van der Waals surface area contributed by atoms with Crippen molar-refractivity contribution >= 4 is 11.4 Å². The molecule has 1 unspecified atom stereocenters. The molecular formula is C14H19N3O3. The average Bonchev–Trinajstić information content (AvgIpc) is 2.82. The summed E-state index contributed by atoms with van der Waals surface area (Å²) in [4.78, 5) is 15.2. The highest BCUT2D eigenvalue weighted by molar-refractivity contribution is 5.54. The minimum Gasteiger partial charge on any atom is -0.413 e. The molecule has 1 atom stereocenters. The number of benzene rings is 1. The number of oxazole rings is 1. The summed E-state index contributed by atoms with van der Waals surface area (Å²) in [6.45, 7) is 0.385. The predicted molar refractivity (Wildman–Crippen MR) is 78.3 cm³/mol. The summed E-state index contributed by atoms with van der Waals surface area (Å²) in [7, 11) is 3.97. The number of nitrogens with zero attached hydrogens (tertiary/aromatic N) is 1. The standard InChI is InChI=1S/C14H19N3O3/c1-17(2)11-5-3-10(4-6-11)15-8-12(18)7-13-9-16-14(19)20-13/h3-6,9,12,15,18H,7-8H2,1-2H3,(H,16,19). The Labute approximate surface area is 117 Å². The predicted octanol–water partition coefficient (Wildman–Crippen LogP) is 1.05. The minimum atomic E-state index is -0.623. The van der Waals surface area contributed by atoms with Crippen LogP contribution in [0.5, 0.6) is 0 Å². The number of hydrogen-bond acceptors (Lipinski definition) is 5. The van der Waals surface area contributed by atoms with Gasteiger partial charge >= 0.3 is 5.76 Å². The summed E-state index contributed by atoms with van der Waals surface area (Å²) in [6, 6.07) is 7.91. The maximum absolute atomic E-state index is 10.8. The van der Waals surface area contributed by atoms with E-state index < -0.39 is 11.9 Å². The van der Waals surface area contributed by atoms with Crippen LogP contribution in [0.3, 0.4) is 0 Å². The largest absolute Gasteiger partial charge is 0.416 e. The third kappa shape index (κ3) is 3.89. The maximum atomic E-state index is 10.8. The fraction of sp³-hybridized carbons (Fsp3) is 0.357. The molecule has 108 valence electrons. The van der Waals surface area contributed by atoms with Gasteiger partial charge in [-0.05, 0) is 24.3 Å². The quantitative estimate of drug-likeness (QED) is 0.735. The van der Waals surface area contributed by atoms with E-state index in [4.69, 9.17) is 4.42 Å². The van der Waals surface area contributed by atoms with Gasteiger partial charge in [-0.15, -0.1) is 0 Å². The van der Waals surface area contributed by atoms with Crippen LogP contribution in [0.25, 0.3) is 0 Å². The van der Waals surface area contributed by atoms with E-state index in [-0.39, 0.29) is 0 Å². The lowest BCUT2D eigenvalue weighted by atomic mass is 10.2. The van der Waals surface area contributed by atoms with Crippen LogP contribution in [0.4, 0.5) is 11.4 Å². The highest BCUT2D eigenvalue weighted by Gasteiger charge is 2.08. The normalized spacial score (nSPS) is 12.2. The molecule has 1 aromatic heterocycles. The second-order valence-corrected chi connectivity index (χ2v) is 4.82. The molecule has 0 saturated carbocycles. The van der Waals surface area contributed by atoms with Crippen molar-refractivity contribution in [1.29, 1.82) is 0 Å². The number of nitrogens with one attached hydrogen (secondary N) is 2. The highest BCUT2D eigenvalue weighted by atomic mass is 16.4. The zero-order valence-electron chi connectivity index (χ0n) is 11.6. The fourth-order valence-electron chi connectivity index (χ4n) is 1.84. The number of H-pyrrole nitrogens is 1. The first-order valence-electron chi connectivity index (χ1n) is 6.41. The van der Waals surface area contributed by atoms with Crippen LogP contribution in [0.2, 0.25) is 0 Å². The van der Waals surface area contributed by atoms with Gasteiger partial charge in [0.25, 0.3) is 0 Å². The smallest absolute Gasteiger partial charge is 0.413 e. The van der Waals surface area contributed by atoms with Gasteiger partial charge in [-0.25, -0.2) is 4.79 Å². The van der Waals surface area contributed by atoms with Crippen molar-refractivity contribution in [3.8, 4) is 0 Å². The Morgan fingerprint density at radius 2 is 2.05 bits per heavy atom. The van der Waals surface area contributed by atoms with Gasteiger partial charge in [0.2, 0.25) is 0 Å². The topological polar surface area (TPSA) is 81.5 Å². The van der Waals surface area contributed by atoms with E-state index in [0.717, 1.165) is 11.4 Å². The van der Waals surface area contributed by atoms with E-state index in [2.05, 4.69) is 10.3 Å². The number of aromatic nitrogens is 1. The van der Waals surface area contributed by atoms with Crippen LogP contribution >= 0.6 is 0 Å². The van der Waals surface area contributed by atoms with Crippen molar-refractivity contribution in [2.24, 2.45) is 0 Å². The lowest BCUT2D eigenvalue weighted by Crippen LogP contribution is -2.21. The van der Waals surface area contributed by atoms with Gasteiger partial charge in [0.1, 0.15) is 5.76 Å². The Morgan fingerprint density at radius 3 is 2.60 bits per heavy atom. The van der Waals surface area contributed by atoms with Crippen LogP contribution in [0.15, 0.2) is 39.7 Å². The minimum absolute atomic E-state index is 0.293. The fourth-order valence-corrected chi connectivity index (χ4v) is 1.84. The third-order valence-electron chi connectivity index (χ3n) is 2.94. The Bertz CT molecular complexity index is 586. The monoisotopic (exact) mass is 277 g/mol. The van der Waals surface area contributed by atoms with E-state index in [1.54, 1.807) is 0 Å². The summed E-state index contributed by atoms with van der Waals surface area (Å²) in [5, 5.41) is 13.0. The van der Waals surface area contributed by atoms with Crippen LogP contribution in [0.1, 0.15) is 5.76 Å². The van der Waals surface area contributed by atoms with E-state index >= 15 is 0 Å². The summed E-state index contributed by atoms with van der Waals surface area (Å²) in [5.41, 5.74) is 2.05. The number of aliphatic hydroxyl groups excluding tert-OH is 1. The molecule has 6 nitrogen and oxygen atoms in total. The molecule has 20 heavy (non-hydrogen) atoms. The van der Waals surface area contributed by atoms with E-state index in [1.807, 2.05) is 43.3 Å². The summed E-state index contributed by atoms with van der Waals surface area (Å²) in [5.74, 6) is -0.0494. The van der Waals surface area contributed by atoms with Crippen LogP contribution in [-0.4, -0.2) is 36.8 Å². The Balaban J connectivity index is 1.83.